The van der Waals surface area contributed by atoms with E-state index in [9.17, 15) is 0 Å². The van der Waals surface area contributed by atoms with Crippen molar-refractivity contribution in [2.45, 2.75) is 6.61 Å². The highest BCUT2D eigenvalue weighted by Gasteiger charge is 2.11. The molecule has 5 heteroatoms. The number of hydrogen-bond acceptors (Lipinski definition) is 5. The smallest absolute Gasteiger partial charge is 0.248 e. The number of ether oxygens (including phenoxy) is 1. The molecule has 3 aromatic rings. The van der Waals surface area contributed by atoms with Crippen LogP contribution in [0.5, 0.6) is 5.75 Å². The summed E-state index contributed by atoms with van der Waals surface area (Å²) in [6.45, 7) is -0.0231. The third kappa shape index (κ3) is 2.78. The first-order valence-corrected chi connectivity index (χ1v) is 6.48. The van der Waals surface area contributed by atoms with Crippen LogP contribution in [-0.2, 0) is 6.61 Å². The van der Waals surface area contributed by atoms with Crippen LogP contribution in [0.1, 0.15) is 5.56 Å². The molecule has 0 aliphatic carbocycles. The van der Waals surface area contributed by atoms with Gasteiger partial charge in [-0.2, -0.15) is 0 Å². The second kappa shape index (κ2) is 5.76. The van der Waals surface area contributed by atoms with Crippen molar-refractivity contribution in [3.8, 4) is 28.7 Å². The summed E-state index contributed by atoms with van der Waals surface area (Å²) in [5, 5.41) is 17.3. The Balaban J connectivity index is 1.95. The summed E-state index contributed by atoms with van der Waals surface area (Å²) >= 11 is 0. The second-order valence-electron chi connectivity index (χ2n) is 4.50. The lowest BCUT2D eigenvalue weighted by molar-refractivity contribution is 0.282. The van der Waals surface area contributed by atoms with Crippen LogP contribution in [0.25, 0.3) is 22.9 Å². The van der Waals surface area contributed by atoms with Gasteiger partial charge in [-0.25, -0.2) is 0 Å². The van der Waals surface area contributed by atoms with Gasteiger partial charge in [0, 0.05) is 11.1 Å². The SMILES string of the molecule is COc1cccc(-c2nnc(-c3cccc(CO)c3)o2)c1. The van der Waals surface area contributed by atoms with Crippen LogP contribution in [0.2, 0.25) is 0 Å². The molecule has 0 aliphatic rings. The summed E-state index contributed by atoms with van der Waals surface area (Å²) in [5.41, 5.74) is 2.38. The van der Waals surface area contributed by atoms with Gasteiger partial charge in [-0.05, 0) is 35.9 Å². The van der Waals surface area contributed by atoms with Crippen molar-refractivity contribution >= 4 is 0 Å². The topological polar surface area (TPSA) is 68.4 Å². The lowest BCUT2D eigenvalue weighted by atomic mass is 10.1. The van der Waals surface area contributed by atoms with Gasteiger partial charge in [0.1, 0.15) is 5.75 Å². The van der Waals surface area contributed by atoms with E-state index in [1.807, 2.05) is 48.5 Å². The molecule has 21 heavy (non-hydrogen) atoms. The third-order valence-electron chi connectivity index (χ3n) is 3.10. The molecule has 0 atom stereocenters. The van der Waals surface area contributed by atoms with Crippen LogP contribution >= 0.6 is 0 Å². The zero-order chi connectivity index (χ0) is 14.7. The van der Waals surface area contributed by atoms with Crippen LogP contribution in [0.15, 0.2) is 52.9 Å². The molecule has 0 fully saturated rings. The summed E-state index contributed by atoms with van der Waals surface area (Å²) < 4.78 is 10.9. The van der Waals surface area contributed by atoms with Crippen LogP contribution < -0.4 is 4.74 Å². The standard InChI is InChI=1S/C16H14N2O3/c1-20-14-7-3-6-13(9-14)16-18-17-15(21-16)12-5-2-4-11(8-12)10-19/h2-9,19H,10H2,1H3. The van der Waals surface area contributed by atoms with Crippen LogP contribution in [-0.4, -0.2) is 22.4 Å². The number of aromatic nitrogens is 2. The average Bonchev–Trinajstić information content (AvgIpc) is 3.05. The molecule has 0 saturated heterocycles. The number of benzene rings is 2. The van der Waals surface area contributed by atoms with Gasteiger partial charge in [0.2, 0.25) is 11.8 Å². The Hall–Kier alpha value is -2.66. The van der Waals surface area contributed by atoms with Crippen molar-refractivity contribution < 1.29 is 14.3 Å². The number of methoxy groups -OCH3 is 1. The number of rotatable bonds is 4. The number of hydrogen-bond donors (Lipinski definition) is 1. The number of nitrogens with zero attached hydrogens (tertiary/aromatic N) is 2. The molecule has 0 aliphatic heterocycles. The van der Waals surface area contributed by atoms with Gasteiger partial charge >= 0.3 is 0 Å². The molecular weight excluding hydrogens is 268 g/mol. The first-order valence-electron chi connectivity index (χ1n) is 6.48. The Bertz CT molecular complexity index is 691. The summed E-state index contributed by atoms with van der Waals surface area (Å²) in [7, 11) is 1.61. The molecule has 0 saturated carbocycles. The van der Waals surface area contributed by atoms with Crippen LogP contribution in [0, 0.1) is 0 Å². The lowest BCUT2D eigenvalue weighted by Crippen LogP contribution is -1.84. The van der Waals surface area contributed by atoms with Crippen molar-refractivity contribution in [2.75, 3.05) is 7.11 Å². The monoisotopic (exact) mass is 282 g/mol. The quantitative estimate of drug-likeness (QED) is 0.796. The normalized spacial score (nSPS) is 10.6. The van der Waals surface area contributed by atoms with Crippen molar-refractivity contribution in [1.29, 1.82) is 0 Å². The predicted octanol–water partition coefficient (Wildman–Crippen LogP) is 2.90. The van der Waals surface area contributed by atoms with Crippen LogP contribution in [0.3, 0.4) is 0 Å². The van der Waals surface area contributed by atoms with Gasteiger partial charge in [0.15, 0.2) is 0 Å². The zero-order valence-corrected chi connectivity index (χ0v) is 11.5. The Morgan fingerprint density at radius 3 is 2.33 bits per heavy atom. The van der Waals surface area contributed by atoms with E-state index in [0.29, 0.717) is 11.8 Å². The van der Waals surface area contributed by atoms with Crippen molar-refractivity contribution in [3.63, 3.8) is 0 Å². The van der Waals surface area contributed by atoms with E-state index in [-0.39, 0.29) is 6.61 Å². The van der Waals surface area contributed by atoms with Gasteiger partial charge in [0.05, 0.1) is 13.7 Å². The molecule has 0 amide bonds. The van der Waals surface area contributed by atoms with Gasteiger partial charge in [0.25, 0.3) is 0 Å². The Morgan fingerprint density at radius 2 is 1.67 bits per heavy atom. The van der Waals surface area contributed by atoms with E-state index in [1.54, 1.807) is 7.11 Å². The molecule has 2 aromatic carbocycles. The molecule has 0 unspecified atom stereocenters. The largest absolute Gasteiger partial charge is 0.497 e. The molecule has 1 heterocycles. The lowest BCUT2D eigenvalue weighted by Gasteiger charge is -2.00. The highest BCUT2D eigenvalue weighted by atomic mass is 16.5. The molecule has 0 radical (unpaired) electrons. The molecule has 5 nitrogen and oxygen atoms in total. The second-order valence-corrected chi connectivity index (χ2v) is 4.50. The molecule has 3 rings (SSSR count). The summed E-state index contributed by atoms with van der Waals surface area (Å²) in [6.07, 6.45) is 0. The first kappa shape index (κ1) is 13.3. The third-order valence-corrected chi connectivity index (χ3v) is 3.10. The highest BCUT2D eigenvalue weighted by Crippen LogP contribution is 2.26. The molecule has 1 N–H and O–H groups in total. The fraction of sp³-hybridized carbons (Fsp3) is 0.125. The average molecular weight is 282 g/mol. The van der Waals surface area contributed by atoms with Gasteiger partial charge in [-0.1, -0.05) is 18.2 Å². The van der Waals surface area contributed by atoms with E-state index in [1.165, 1.54) is 0 Å². The minimum Gasteiger partial charge on any atom is -0.497 e. The minimum absolute atomic E-state index is 0.0231. The van der Waals surface area contributed by atoms with E-state index in [2.05, 4.69) is 10.2 Å². The van der Waals surface area contributed by atoms with E-state index >= 15 is 0 Å². The fourth-order valence-electron chi connectivity index (χ4n) is 2.02. The zero-order valence-electron chi connectivity index (χ0n) is 11.5. The Kier molecular flexibility index (Phi) is 3.66. The Morgan fingerprint density at radius 1 is 1.00 bits per heavy atom. The maximum Gasteiger partial charge on any atom is 0.248 e. The summed E-state index contributed by atoms with van der Waals surface area (Å²) in [4.78, 5) is 0. The van der Waals surface area contributed by atoms with E-state index in [0.717, 1.165) is 22.4 Å². The maximum absolute atomic E-state index is 9.17. The number of aliphatic hydroxyl groups excluding tert-OH is 1. The first-order chi connectivity index (χ1) is 10.3. The predicted molar refractivity (Wildman–Crippen MR) is 77.6 cm³/mol. The molecule has 106 valence electrons. The minimum atomic E-state index is -0.0231. The van der Waals surface area contributed by atoms with Crippen molar-refractivity contribution in [1.82, 2.24) is 10.2 Å². The molecule has 1 aromatic heterocycles. The molecular formula is C16H14N2O3. The van der Waals surface area contributed by atoms with Crippen molar-refractivity contribution in [2.24, 2.45) is 0 Å². The van der Waals surface area contributed by atoms with Crippen molar-refractivity contribution in [3.05, 3.63) is 54.1 Å². The molecule has 0 spiro atoms. The number of aliphatic hydroxyl groups is 1. The van der Waals surface area contributed by atoms with Crippen LogP contribution in [0.4, 0.5) is 0 Å². The van der Waals surface area contributed by atoms with Gasteiger partial charge in [-0.3, -0.25) is 0 Å². The van der Waals surface area contributed by atoms with Gasteiger partial charge < -0.3 is 14.3 Å². The van der Waals surface area contributed by atoms with E-state index < -0.39 is 0 Å². The summed E-state index contributed by atoms with van der Waals surface area (Å²) in [5.74, 6) is 1.58. The summed E-state index contributed by atoms with van der Waals surface area (Å²) in [6, 6.07) is 14.8. The maximum atomic E-state index is 9.17. The molecule has 0 bridgehead atoms. The highest BCUT2D eigenvalue weighted by molar-refractivity contribution is 5.59. The Labute approximate surface area is 121 Å². The van der Waals surface area contributed by atoms with Gasteiger partial charge in [-0.15, -0.1) is 10.2 Å². The fourth-order valence-corrected chi connectivity index (χ4v) is 2.02. The van der Waals surface area contributed by atoms with E-state index in [4.69, 9.17) is 14.3 Å².